The van der Waals surface area contributed by atoms with Crippen molar-refractivity contribution in [3.63, 3.8) is 0 Å². The first kappa shape index (κ1) is 17.9. The van der Waals surface area contributed by atoms with Gasteiger partial charge in [-0.3, -0.25) is 4.79 Å². The van der Waals surface area contributed by atoms with Crippen LogP contribution in [0.1, 0.15) is 21.5 Å². The molecule has 2 aromatic carbocycles. The third-order valence-electron chi connectivity index (χ3n) is 4.56. The predicted molar refractivity (Wildman–Crippen MR) is 109 cm³/mol. The maximum Gasteiger partial charge on any atom is 0.257 e. The third kappa shape index (κ3) is 3.76. The SMILES string of the molecule is Cc1cccc(C)c1NC(=O)c1ccc(Nc2ccc3c(c2)OCCO3)nc1. The van der Waals surface area contributed by atoms with Crippen molar-refractivity contribution in [2.45, 2.75) is 13.8 Å². The first-order valence-corrected chi connectivity index (χ1v) is 9.10. The summed E-state index contributed by atoms with van der Waals surface area (Å²) in [6.45, 7) is 5.05. The smallest absolute Gasteiger partial charge is 0.257 e. The Kier molecular flexibility index (Phi) is 4.85. The number of anilines is 3. The van der Waals surface area contributed by atoms with Crippen LogP contribution in [0.5, 0.6) is 11.5 Å². The van der Waals surface area contributed by atoms with Crippen LogP contribution in [-0.4, -0.2) is 24.1 Å². The molecular formula is C22H21N3O3. The summed E-state index contributed by atoms with van der Waals surface area (Å²) in [5.74, 6) is 1.90. The largest absolute Gasteiger partial charge is 0.486 e. The molecule has 0 unspecified atom stereocenters. The van der Waals surface area contributed by atoms with Gasteiger partial charge in [-0.2, -0.15) is 0 Å². The summed E-state index contributed by atoms with van der Waals surface area (Å²) in [7, 11) is 0. The topological polar surface area (TPSA) is 72.5 Å². The van der Waals surface area contributed by atoms with Crippen molar-refractivity contribution in [3.05, 3.63) is 71.4 Å². The van der Waals surface area contributed by atoms with E-state index >= 15 is 0 Å². The van der Waals surface area contributed by atoms with Gasteiger partial charge in [0.1, 0.15) is 19.0 Å². The first-order chi connectivity index (χ1) is 13.6. The van der Waals surface area contributed by atoms with Crippen molar-refractivity contribution in [2.24, 2.45) is 0 Å². The van der Waals surface area contributed by atoms with E-state index in [0.29, 0.717) is 30.3 Å². The highest BCUT2D eigenvalue weighted by Crippen LogP contribution is 2.33. The molecule has 142 valence electrons. The Morgan fingerprint density at radius 2 is 1.71 bits per heavy atom. The molecule has 1 amide bonds. The summed E-state index contributed by atoms with van der Waals surface area (Å²) in [5.41, 5.74) is 4.22. The first-order valence-electron chi connectivity index (χ1n) is 9.10. The number of fused-ring (bicyclic) bond motifs is 1. The average molecular weight is 375 g/mol. The molecule has 0 radical (unpaired) electrons. The van der Waals surface area contributed by atoms with E-state index in [4.69, 9.17) is 9.47 Å². The summed E-state index contributed by atoms with van der Waals surface area (Å²) in [6.07, 6.45) is 1.56. The number of rotatable bonds is 4. The van der Waals surface area contributed by atoms with Gasteiger partial charge in [-0.05, 0) is 49.2 Å². The zero-order chi connectivity index (χ0) is 19.5. The molecule has 1 aliphatic heterocycles. The molecular weight excluding hydrogens is 354 g/mol. The molecule has 3 aromatic rings. The molecule has 0 atom stereocenters. The van der Waals surface area contributed by atoms with E-state index < -0.39 is 0 Å². The minimum Gasteiger partial charge on any atom is -0.486 e. The van der Waals surface area contributed by atoms with E-state index in [1.165, 1.54) is 0 Å². The lowest BCUT2D eigenvalue weighted by Crippen LogP contribution is -2.15. The Hall–Kier alpha value is -3.54. The van der Waals surface area contributed by atoms with Crippen molar-refractivity contribution in [3.8, 4) is 11.5 Å². The number of benzene rings is 2. The van der Waals surface area contributed by atoms with Crippen LogP contribution in [0, 0.1) is 13.8 Å². The van der Waals surface area contributed by atoms with E-state index in [-0.39, 0.29) is 5.91 Å². The van der Waals surface area contributed by atoms with Crippen LogP contribution in [-0.2, 0) is 0 Å². The highest BCUT2D eigenvalue weighted by atomic mass is 16.6. The Labute approximate surface area is 163 Å². The highest BCUT2D eigenvalue weighted by Gasteiger charge is 2.13. The van der Waals surface area contributed by atoms with Gasteiger partial charge in [0.25, 0.3) is 5.91 Å². The predicted octanol–water partition coefficient (Wildman–Crippen LogP) is 4.47. The number of amides is 1. The van der Waals surface area contributed by atoms with Crippen molar-refractivity contribution in [1.82, 2.24) is 4.98 Å². The summed E-state index contributed by atoms with van der Waals surface area (Å²) in [6, 6.07) is 15.1. The lowest BCUT2D eigenvalue weighted by Gasteiger charge is -2.19. The minimum absolute atomic E-state index is 0.184. The highest BCUT2D eigenvalue weighted by molar-refractivity contribution is 6.05. The van der Waals surface area contributed by atoms with E-state index in [0.717, 1.165) is 28.3 Å². The number of hydrogen-bond donors (Lipinski definition) is 2. The number of hydrogen-bond acceptors (Lipinski definition) is 5. The van der Waals surface area contributed by atoms with Crippen molar-refractivity contribution >= 4 is 23.1 Å². The van der Waals surface area contributed by atoms with E-state index in [1.54, 1.807) is 18.3 Å². The van der Waals surface area contributed by atoms with Gasteiger partial charge in [0.05, 0.1) is 5.56 Å². The van der Waals surface area contributed by atoms with Gasteiger partial charge in [0.2, 0.25) is 0 Å². The number of aromatic nitrogens is 1. The molecule has 0 fully saturated rings. The van der Waals surface area contributed by atoms with E-state index in [9.17, 15) is 4.79 Å². The average Bonchev–Trinajstić information content (AvgIpc) is 2.71. The molecule has 4 rings (SSSR count). The molecule has 0 saturated heterocycles. The Bertz CT molecular complexity index is 996. The van der Waals surface area contributed by atoms with E-state index in [1.807, 2.05) is 50.2 Å². The number of pyridine rings is 1. The molecule has 28 heavy (non-hydrogen) atoms. The van der Waals surface area contributed by atoms with Gasteiger partial charge in [-0.1, -0.05) is 18.2 Å². The number of nitrogens with one attached hydrogen (secondary N) is 2. The van der Waals surface area contributed by atoms with Gasteiger partial charge in [0, 0.05) is 23.6 Å². The molecule has 6 nitrogen and oxygen atoms in total. The zero-order valence-corrected chi connectivity index (χ0v) is 15.8. The molecule has 1 aliphatic rings. The Morgan fingerprint density at radius 3 is 2.43 bits per heavy atom. The fraction of sp³-hybridized carbons (Fsp3) is 0.182. The Balaban J connectivity index is 1.46. The fourth-order valence-corrected chi connectivity index (χ4v) is 3.07. The number of carbonyl (C=O) groups excluding carboxylic acids is 1. The Morgan fingerprint density at radius 1 is 0.964 bits per heavy atom. The fourth-order valence-electron chi connectivity index (χ4n) is 3.07. The lowest BCUT2D eigenvalue weighted by atomic mass is 10.1. The quantitative estimate of drug-likeness (QED) is 0.704. The molecule has 0 bridgehead atoms. The maximum absolute atomic E-state index is 12.5. The molecule has 6 heteroatoms. The van der Waals surface area contributed by atoms with Crippen LogP contribution in [0.2, 0.25) is 0 Å². The summed E-state index contributed by atoms with van der Waals surface area (Å²) in [5, 5.41) is 6.18. The van der Waals surface area contributed by atoms with Gasteiger partial charge in [-0.25, -0.2) is 4.98 Å². The van der Waals surface area contributed by atoms with Crippen molar-refractivity contribution in [2.75, 3.05) is 23.8 Å². The monoisotopic (exact) mass is 375 g/mol. The zero-order valence-electron chi connectivity index (χ0n) is 15.8. The number of carbonyl (C=O) groups is 1. The molecule has 0 aliphatic carbocycles. The summed E-state index contributed by atoms with van der Waals surface area (Å²) in [4.78, 5) is 16.9. The van der Waals surface area contributed by atoms with Crippen LogP contribution >= 0.6 is 0 Å². The van der Waals surface area contributed by atoms with E-state index in [2.05, 4.69) is 15.6 Å². The second-order valence-corrected chi connectivity index (χ2v) is 6.64. The molecule has 1 aromatic heterocycles. The molecule has 2 heterocycles. The van der Waals surface area contributed by atoms with Crippen LogP contribution < -0.4 is 20.1 Å². The van der Waals surface area contributed by atoms with Crippen LogP contribution in [0.15, 0.2) is 54.7 Å². The standard InChI is InChI=1S/C22H21N3O3/c1-14-4-3-5-15(2)21(14)25-22(26)16-6-9-20(23-13-16)24-17-7-8-18-19(12-17)28-11-10-27-18/h3-9,12-13H,10-11H2,1-2H3,(H,23,24)(H,25,26). The van der Waals surface area contributed by atoms with Gasteiger partial charge in [-0.15, -0.1) is 0 Å². The third-order valence-corrected chi connectivity index (χ3v) is 4.56. The second-order valence-electron chi connectivity index (χ2n) is 6.64. The van der Waals surface area contributed by atoms with Crippen molar-refractivity contribution < 1.29 is 14.3 Å². The van der Waals surface area contributed by atoms with Gasteiger partial charge < -0.3 is 20.1 Å². The van der Waals surface area contributed by atoms with Gasteiger partial charge >= 0.3 is 0 Å². The summed E-state index contributed by atoms with van der Waals surface area (Å²) < 4.78 is 11.1. The number of aryl methyl sites for hydroxylation is 2. The van der Waals surface area contributed by atoms with Crippen LogP contribution in [0.25, 0.3) is 0 Å². The van der Waals surface area contributed by atoms with Crippen molar-refractivity contribution in [1.29, 1.82) is 0 Å². The molecule has 0 saturated carbocycles. The second kappa shape index (κ2) is 7.60. The molecule has 2 N–H and O–H groups in total. The normalized spacial score (nSPS) is 12.4. The number of nitrogens with zero attached hydrogens (tertiary/aromatic N) is 1. The lowest BCUT2D eigenvalue weighted by molar-refractivity contribution is 0.102. The number of ether oxygens (including phenoxy) is 2. The van der Waals surface area contributed by atoms with Crippen LogP contribution in [0.3, 0.4) is 0 Å². The summed E-state index contributed by atoms with van der Waals surface area (Å²) >= 11 is 0. The molecule has 0 spiro atoms. The van der Waals surface area contributed by atoms with Crippen LogP contribution in [0.4, 0.5) is 17.2 Å². The minimum atomic E-state index is -0.184. The number of para-hydroxylation sites is 1. The van der Waals surface area contributed by atoms with Gasteiger partial charge in [0.15, 0.2) is 11.5 Å². The maximum atomic E-state index is 12.5.